The minimum atomic E-state index is -0.516. The van der Waals surface area contributed by atoms with Gasteiger partial charge in [0.1, 0.15) is 0 Å². The van der Waals surface area contributed by atoms with E-state index in [-0.39, 0.29) is 18.2 Å². The molecule has 0 aliphatic carbocycles. The number of benzene rings is 1. The molecule has 3 heterocycles. The molecule has 0 bridgehead atoms. The van der Waals surface area contributed by atoms with Crippen LogP contribution in [0, 0.1) is 0 Å². The summed E-state index contributed by atoms with van der Waals surface area (Å²) in [4.78, 5) is 17.7. The number of hydrogen-bond donors (Lipinski definition) is 1. The van der Waals surface area contributed by atoms with Crippen LogP contribution in [0.2, 0.25) is 0 Å². The lowest BCUT2D eigenvalue weighted by molar-refractivity contribution is 0.00578. The Balaban J connectivity index is 0.000000235. The summed E-state index contributed by atoms with van der Waals surface area (Å²) >= 11 is -0.0458. The second kappa shape index (κ2) is 11.3. The Labute approximate surface area is 201 Å². The molecule has 0 unspecified atom stereocenters. The molecule has 33 heavy (non-hydrogen) atoms. The molecular weight excluding hydrogens is 442 g/mol. The Bertz CT molecular complexity index is 918. The zero-order chi connectivity index (χ0) is 24.1. The molecule has 4 rings (SSSR count). The Hall–Kier alpha value is -1.46. The number of fused-ring (bicyclic) bond motifs is 1. The first-order valence-electron chi connectivity index (χ1n) is 11.7. The summed E-state index contributed by atoms with van der Waals surface area (Å²) < 4.78 is 26.1. The number of piperidine rings is 1. The van der Waals surface area contributed by atoms with Crippen molar-refractivity contribution in [1.82, 2.24) is 19.2 Å². The molecule has 0 amide bonds. The maximum Gasteiger partial charge on any atom is 0.494 e. The van der Waals surface area contributed by atoms with Crippen LogP contribution in [0.15, 0.2) is 18.2 Å². The second-order valence-electron chi connectivity index (χ2n) is 9.65. The summed E-state index contributed by atoms with van der Waals surface area (Å²) in [6.45, 7) is 13.0. The average molecular weight is 478 g/mol. The van der Waals surface area contributed by atoms with Crippen LogP contribution >= 0.6 is 12.3 Å². The molecule has 2 aliphatic rings. The van der Waals surface area contributed by atoms with Gasteiger partial charge in [-0.1, -0.05) is 12.5 Å². The van der Waals surface area contributed by atoms with Gasteiger partial charge in [-0.05, 0) is 97.8 Å². The molecule has 2 fully saturated rings. The fourth-order valence-corrected chi connectivity index (χ4v) is 4.41. The van der Waals surface area contributed by atoms with Gasteiger partial charge >= 0.3 is 7.12 Å². The molecule has 0 radical (unpaired) electrons. The number of halogens is 1. The number of aldehydes is 1. The smallest absolute Gasteiger partial charge is 0.399 e. The van der Waals surface area contributed by atoms with Crippen molar-refractivity contribution in [3.8, 4) is 0 Å². The van der Waals surface area contributed by atoms with Crippen molar-refractivity contribution in [3.05, 3.63) is 24.0 Å². The Morgan fingerprint density at radius 1 is 1.18 bits per heavy atom. The number of likely N-dealkylation sites (tertiary alicyclic amines) is 1. The fourth-order valence-electron chi connectivity index (χ4n) is 4.03. The van der Waals surface area contributed by atoms with E-state index < -0.39 is 18.3 Å². The third kappa shape index (κ3) is 6.16. The number of aromatic nitrogens is 2. The van der Waals surface area contributed by atoms with Gasteiger partial charge in [-0.2, -0.15) is 0 Å². The molecule has 7 nitrogen and oxygen atoms in total. The second-order valence-corrected chi connectivity index (χ2v) is 10.2. The van der Waals surface area contributed by atoms with Gasteiger partial charge in [0.05, 0.1) is 22.2 Å². The zero-order valence-corrected chi connectivity index (χ0v) is 21.2. The number of nitrogens with one attached hydrogen (secondary N) is 1. The van der Waals surface area contributed by atoms with Crippen molar-refractivity contribution in [1.29, 1.82) is 0 Å². The zero-order valence-electron chi connectivity index (χ0n) is 20.4. The standard InChI is InChI=1S/C14H16BFN2O3S.C9H20N2/c1-13(2)14(3,4)21-15(20-13)9-5-6-11-10(7-9)17-12(8-19)18(11)22-16;1-10-6-5-9-11-7-3-2-4-8-11/h5-8H,1-4H3;10H,2-9H2,1H3. The number of carbonyl (C=O) groups excluding carboxylic acids is 1. The predicted molar refractivity (Wildman–Crippen MR) is 134 cm³/mol. The SMILES string of the molecule is CC1(C)OB(c2ccc3c(c2)nc(C=O)n3SF)OC1(C)C.CNCCCN1CCCCC1. The average Bonchev–Trinajstić information content (AvgIpc) is 3.27. The van der Waals surface area contributed by atoms with Crippen molar-refractivity contribution in [3.63, 3.8) is 0 Å². The first-order valence-corrected chi connectivity index (χ1v) is 12.4. The van der Waals surface area contributed by atoms with E-state index in [4.69, 9.17) is 9.31 Å². The van der Waals surface area contributed by atoms with Gasteiger partial charge in [-0.25, -0.2) is 8.96 Å². The fraction of sp³-hybridized carbons (Fsp3) is 0.652. The lowest BCUT2D eigenvalue weighted by atomic mass is 9.79. The van der Waals surface area contributed by atoms with Crippen molar-refractivity contribution in [2.75, 3.05) is 33.2 Å². The Morgan fingerprint density at radius 2 is 1.85 bits per heavy atom. The van der Waals surface area contributed by atoms with Crippen molar-refractivity contribution in [2.24, 2.45) is 0 Å². The monoisotopic (exact) mass is 478 g/mol. The quantitative estimate of drug-likeness (QED) is 0.371. The molecule has 0 atom stereocenters. The molecule has 1 aromatic heterocycles. The number of carbonyl (C=O) groups is 1. The van der Waals surface area contributed by atoms with Crippen molar-refractivity contribution >= 4 is 42.2 Å². The van der Waals surface area contributed by atoms with Gasteiger partial charge in [-0.3, -0.25) is 4.79 Å². The highest BCUT2D eigenvalue weighted by molar-refractivity contribution is 7.93. The third-order valence-corrected chi connectivity index (χ3v) is 7.23. The molecule has 182 valence electrons. The van der Waals surface area contributed by atoms with E-state index in [1.165, 1.54) is 45.3 Å². The minimum Gasteiger partial charge on any atom is -0.399 e. The van der Waals surface area contributed by atoms with Crippen LogP contribution in [-0.4, -0.2) is 71.7 Å². The van der Waals surface area contributed by atoms with E-state index in [2.05, 4.69) is 15.2 Å². The van der Waals surface area contributed by atoms with Crippen LogP contribution in [0.1, 0.15) is 64.0 Å². The highest BCUT2D eigenvalue weighted by atomic mass is 32.2. The normalized spacial score (nSPS) is 20.0. The first-order chi connectivity index (χ1) is 15.7. The maximum atomic E-state index is 13.0. The predicted octanol–water partition coefficient (Wildman–Crippen LogP) is 3.61. The van der Waals surface area contributed by atoms with Crippen LogP contribution in [-0.2, 0) is 9.31 Å². The highest BCUT2D eigenvalue weighted by Crippen LogP contribution is 2.36. The summed E-state index contributed by atoms with van der Waals surface area (Å²) in [5, 5.41) is 3.18. The molecule has 1 aromatic carbocycles. The lowest BCUT2D eigenvalue weighted by Gasteiger charge is -2.32. The molecule has 2 saturated heterocycles. The summed E-state index contributed by atoms with van der Waals surface area (Å²) in [7, 11) is 1.51. The van der Waals surface area contributed by atoms with Gasteiger partial charge in [-0.15, -0.1) is 3.89 Å². The van der Waals surface area contributed by atoms with E-state index in [0.717, 1.165) is 16.0 Å². The Morgan fingerprint density at radius 3 is 2.42 bits per heavy atom. The molecule has 2 aliphatic heterocycles. The highest BCUT2D eigenvalue weighted by Gasteiger charge is 2.51. The van der Waals surface area contributed by atoms with Crippen LogP contribution in [0.4, 0.5) is 3.89 Å². The Kier molecular flexibility index (Phi) is 8.97. The van der Waals surface area contributed by atoms with Crippen molar-refractivity contribution in [2.45, 2.75) is 64.6 Å². The van der Waals surface area contributed by atoms with Gasteiger partial charge in [0.2, 0.25) is 0 Å². The summed E-state index contributed by atoms with van der Waals surface area (Å²) in [5.41, 5.74) is 0.982. The molecule has 0 saturated carbocycles. The topological polar surface area (TPSA) is 68.6 Å². The third-order valence-electron chi connectivity index (χ3n) is 6.71. The summed E-state index contributed by atoms with van der Waals surface area (Å²) in [6, 6.07) is 5.27. The molecule has 10 heteroatoms. The summed E-state index contributed by atoms with van der Waals surface area (Å²) in [5.74, 6) is 0.0357. The molecular formula is C23H36BFN4O3S. The van der Waals surface area contributed by atoms with Gasteiger partial charge in [0, 0.05) is 0 Å². The van der Waals surface area contributed by atoms with Crippen LogP contribution in [0.3, 0.4) is 0 Å². The van der Waals surface area contributed by atoms with Gasteiger partial charge in [0.15, 0.2) is 24.4 Å². The number of hydrogen-bond acceptors (Lipinski definition) is 7. The number of nitrogens with zero attached hydrogens (tertiary/aromatic N) is 3. The van der Waals surface area contributed by atoms with E-state index in [9.17, 15) is 8.68 Å². The van der Waals surface area contributed by atoms with E-state index in [1.807, 2.05) is 34.7 Å². The van der Waals surface area contributed by atoms with E-state index >= 15 is 0 Å². The van der Waals surface area contributed by atoms with E-state index in [1.54, 1.807) is 18.2 Å². The summed E-state index contributed by atoms with van der Waals surface area (Å²) in [6.07, 6.45) is 6.11. The molecule has 0 spiro atoms. The molecule has 1 N–H and O–H groups in total. The maximum absolute atomic E-state index is 13.0. The van der Waals surface area contributed by atoms with Crippen LogP contribution in [0.5, 0.6) is 0 Å². The minimum absolute atomic E-state index is 0.0357. The van der Waals surface area contributed by atoms with Crippen molar-refractivity contribution < 1.29 is 18.0 Å². The lowest BCUT2D eigenvalue weighted by Crippen LogP contribution is -2.41. The molecule has 2 aromatic rings. The number of rotatable bonds is 7. The largest absolute Gasteiger partial charge is 0.494 e. The van der Waals surface area contributed by atoms with Gasteiger partial charge in [0.25, 0.3) is 0 Å². The van der Waals surface area contributed by atoms with Gasteiger partial charge < -0.3 is 19.5 Å². The van der Waals surface area contributed by atoms with Crippen LogP contribution in [0.25, 0.3) is 11.0 Å². The van der Waals surface area contributed by atoms with Crippen LogP contribution < -0.4 is 10.8 Å². The van der Waals surface area contributed by atoms with E-state index in [0.29, 0.717) is 17.3 Å². The first kappa shape index (κ1) is 26.2. The number of imidazole rings is 1.